The van der Waals surface area contributed by atoms with Crippen LogP contribution in [-0.2, 0) is 17.9 Å². The van der Waals surface area contributed by atoms with Crippen LogP contribution in [0.3, 0.4) is 0 Å². The number of hydrogen-bond acceptors (Lipinski definition) is 4. The van der Waals surface area contributed by atoms with Crippen molar-refractivity contribution in [2.45, 2.75) is 19.2 Å². The number of benzene rings is 2. The lowest BCUT2D eigenvalue weighted by atomic mass is 9.95. The van der Waals surface area contributed by atoms with Crippen molar-refractivity contribution in [2.75, 3.05) is 13.1 Å². The number of hydrogen-bond donors (Lipinski definition) is 1. The average molecular weight is 467 g/mol. The van der Waals surface area contributed by atoms with Gasteiger partial charge in [-0.1, -0.05) is 48.5 Å². The van der Waals surface area contributed by atoms with E-state index in [0.717, 1.165) is 16.7 Å². The molecule has 1 N–H and O–H groups in total. The molecule has 3 heterocycles. The highest BCUT2D eigenvalue weighted by atomic mass is 16.5. The van der Waals surface area contributed by atoms with Crippen molar-refractivity contribution >= 4 is 11.9 Å². The number of aromatic nitrogens is 1. The number of carbonyl (C=O) groups is 2. The zero-order chi connectivity index (χ0) is 24.2. The lowest BCUT2D eigenvalue weighted by Crippen LogP contribution is -2.47. The molecule has 0 saturated heterocycles. The molecular weight excluding hydrogens is 440 g/mol. The highest BCUT2D eigenvalue weighted by Gasteiger charge is 2.43. The third-order valence-electron chi connectivity index (χ3n) is 6.17. The molecule has 2 aliphatic rings. The van der Waals surface area contributed by atoms with E-state index in [4.69, 9.17) is 4.74 Å². The van der Waals surface area contributed by atoms with E-state index in [2.05, 4.69) is 16.9 Å². The van der Waals surface area contributed by atoms with E-state index >= 15 is 0 Å². The maximum absolute atomic E-state index is 13.6. The predicted octanol–water partition coefficient (Wildman–Crippen LogP) is 4.21. The minimum Gasteiger partial charge on any atom is -0.489 e. The molecule has 7 nitrogen and oxygen atoms in total. The Kier molecular flexibility index (Phi) is 6.30. The van der Waals surface area contributed by atoms with E-state index in [-0.39, 0.29) is 11.9 Å². The monoisotopic (exact) mass is 466 g/mol. The molecule has 2 aromatic carbocycles. The van der Waals surface area contributed by atoms with Crippen molar-refractivity contribution in [3.63, 3.8) is 0 Å². The van der Waals surface area contributed by atoms with Crippen LogP contribution in [-0.4, -0.2) is 39.8 Å². The van der Waals surface area contributed by atoms with Gasteiger partial charge in [0.2, 0.25) is 0 Å². The maximum atomic E-state index is 13.6. The molecule has 0 spiro atoms. The predicted molar refractivity (Wildman–Crippen MR) is 132 cm³/mol. The molecule has 0 aliphatic carbocycles. The molecule has 5 rings (SSSR count). The molecule has 2 aliphatic heterocycles. The Bertz CT molecular complexity index is 1270. The van der Waals surface area contributed by atoms with Gasteiger partial charge in [0.1, 0.15) is 12.4 Å². The van der Waals surface area contributed by atoms with E-state index in [9.17, 15) is 9.59 Å². The van der Waals surface area contributed by atoms with Crippen LogP contribution in [0, 0.1) is 0 Å². The van der Waals surface area contributed by atoms with Gasteiger partial charge in [-0.05, 0) is 41.0 Å². The van der Waals surface area contributed by atoms with E-state index in [0.29, 0.717) is 43.3 Å². The molecular formula is C28H26N4O3. The van der Waals surface area contributed by atoms with Crippen LogP contribution in [0.15, 0.2) is 103 Å². The van der Waals surface area contributed by atoms with Crippen LogP contribution in [0.4, 0.5) is 4.79 Å². The highest BCUT2D eigenvalue weighted by molar-refractivity contribution is 6.01. The molecule has 35 heavy (non-hydrogen) atoms. The number of nitrogens with one attached hydrogen (secondary N) is 1. The summed E-state index contributed by atoms with van der Waals surface area (Å²) in [5.41, 5.74) is 4.14. The number of carbonyl (C=O) groups excluding carboxylic acids is 2. The molecule has 0 fully saturated rings. The molecule has 0 saturated carbocycles. The Hall–Kier alpha value is -4.39. The van der Waals surface area contributed by atoms with Gasteiger partial charge < -0.3 is 15.0 Å². The van der Waals surface area contributed by atoms with E-state index in [1.807, 2.05) is 66.7 Å². The van der Waals surface area contributed by atoms with Crippen molar-refractivity contribution in [3.8, 4) is 5.75 Å². The molecule has 1 atom stereocenters. The first-order chi connectivity index (χ1) is 17.1. The van der Waals surface area contributed by atoms with Gasteiger partial charge in [0.25, 0.3) is 5.91 Å². The Morgan fingerprint density at radius 2 is 1.83 bits per heavy atom. The number of urea groups is 1. The molecule has 0 radical (unpaired) electrons. The Morgan fingerprint density at radius 3 is 2.60 bits per heavy atom. The van der Waals surface area contributed by atoms with Crippen molar-refractivity contribution in [3.05, 3.63) is 120 Å². The number of nitrogens with zero attached hydrogens (tertiary/aromatic N) is 3. The Labute approximate surface area is 204 Å². The van der Waals surface area contributed by atoms with Crippen LogP contribution in [0.1, 0.15) is 22.7 Å². The molecule has 0 bridgehead atoms. The normalized spacial score (nSPS) is 17.3. The summed E-state index contributed by atoms with van der Waals surface area (Å²) in [4.78, 5) is 34.1. The number of pyridine rings is 1. The van der Waals surface area contributed by atoms with Crippen LogP contribution in [0.2, 0.25) is 0 Å². The van der Waals surface area contributed by atoms with Gasteiger partial charge in [-0.2, -0.15) is 0 Å². The second-order valence-electron chi connectivity index (χ2n) is 8.51. The number of rotatable bonds is 8. The molecule has 3 aromatic rings. The summed E-state index contributed by atoms with van der Waals surface area (Å²) in [5, 5.41) is 3.02. The number of ether oxygens (including phenoxy) is 1. The third-order valence-corrected chi connectivity index (χ3v) is 6.17. The van der Waals surface area contributed by atoms with Crippen LogP contribution >= 0.6 is 0 Å². The SMILES string of the molecule is C=CCN1C(=O)N[C@@H](c2cccc(OCc3ccccc3)c2)C2=C1CN(Cc1ccncc1)C2=O. The molecule has 3 amide bonds. The topological polar surface area (TPSA) is 74.8 Å². The third kappa shape index (κ3) is 4.66. The van der Waals surface area contributed by atoms with Crippen molar-refractivity contribution in [1.29, 1.82) is 0 Å². The first-order valence-electron chi connectivity index (χ1n) is 11.5. The molecule has 176 valence electrons. The lowest BCUT2D eigenvalue weighted by Gasteiger charge is -2.33. The fourth-order valence-corrected chi connectivity index (χ4v) is 4.48. The minimum atomic E-state index is -0.561. The van der Waals surface area contributed by atoms with Gasteiger partial charge in [-0.3, -0.25) is 14.7 Å². The largest absolute Gasteiger partial charge is 0.489 e. The van der Waals surface area contributed by atoms with Crippen LogP contribution < -0.4 is 10.1 Å². The van der Waals surface area contributed by atoms with Gasteiger partial charge in [0.15, 0.2) is 0 Å². The first kappa shape index (κ1) is 22.4. The summed E-state index contributed by atoms with van der Waals surface area (Å²) in [6.45, 7) is 5.34. The smallest absolute Gasteiger partial charge is 0.322 e. The van der Waals surface area contributed by atoms with Crippen molar-refractivity contribution < 1.29 is 14.3 Å². The molecule has 0 unspecified atom stereocenters. The van der Waals surface area contributed by atoms with Crippen molar-refractivity contribution in [2.24, 2.45) is 0 Å². The van der Waals surface area contributed by atoms with Crippen LogP contribution in [0.25, 0.3) is 0 Å². The summed E-state index contributed by atoms with van der Waals surface area (Å²) in [6.07, 6.45) is 5.09. The molecule has 7 heteroatoms. The average Bonchev–Trinajstić information content (AvgIpc) is 3.21. The summed E-state index contributed by atoms with van der Waals surface area (Å²) in [6, 6.07) is 20.4. The fourth-order valence-electron chi connectivity index (χ4n) is 4.48. The van der Waals surface area contributed by atoms with Gasteiger partial charge in [0.05, 0.1) is 23.9 Å². The quantitative estimate of drug-likeness (QED) is 0.505. The minimum absolute atomic E-state index is 0.0912. The Balaban J connectivity index is 1.43. The zero-order valence-electron chi connectivity index (χ0n) is 19.3. The Morgan fingerprint density at radius 1 is 1.03 bits per heavy atom. The van der Waals surface area contributed by atoms with Crippen LogP contribution in [0.5, 0.6) is 5.75 Å². The van der Waals surface area contributed by atoms with Gasteiger partial charge in [-0.15, -0.1) is 6.58 Å². The molecule has 1 aromatic heterocycles. The number of amides is 3. The van der Waals surface area contributed by atoms with E-state index < -0.39 is 6.04 Å². The van der Waals surface area contributed by atoms with Gasteiger partial charge in [-0.25, -0.2) is 4.79 Å². The maximum Gasteiger partial charge on any atom is 0.322 e. The highest BCUT2D eigenvalue weighted by Crippen LogP contribution is 2.37. The second kappa shape index (κ2) is 9.85. The summed E-state index contributed by atoms with van der Waals surface area (Å²) in [7, 11) is 0. The first-order valence-corrected chi connectivity index (χ1v) is 11.5. The summed E-state index contributed by atoms with van der Waals surface area (Å²) < 4.78 is 5.99. The van der Waals surface area contributed by atoms with Gasteiger partial charge >= 0.3 is 6.03 Å². The second-order valence-corrected chi connectivity index (χ2v) is 8.51. The lowest BCUT2D eigenvalue weighted by molar-refractivity contribution is -0.126. The van der Waals surface area contributed by atoms with E-state index in [1.54, 1.807) is 28.3 Å². The standard InChI is InChI=1S/C28H26N4O3/c1-2-15-32-24-18-31(17-20-11-13-29-14-12-20)27(33)25(24)26(30-28(32)34)22-9-6-10-23(16-22)35-19-21-7-4-3-5-8-21/h2-14,16,26H,1,15,17-19H2,(H,30,34)/t26-/m0/s1. The van der Waals surface area contributed by atoms with E-state index in [1.165, 1.54) is 0 Å². The fraction of sp³-hybridized carbons (Fsp3) is 0.179. The summed E-state index contributed by atoms with van der Waals surface area (Å²) >= 11 is 0. The zero-order valence-corrected chi connectivity index (χ0v) is 19.3. The van der Waals surface area contributed by atoms with Crippen molar-refractivity contribution in [1.82, 2.24) is 20.1 Å². The van der Waals surface area contributed by atoms with Gasteiger partial charge in [0, 0.05) is 25.5 Å². The summed E-state index contributed by atoms with van der Waals surface area (Å²) in [5.74, 6) is 0.585.